The zero-order valence-electron chi connectivity index (χ0n) is 20.0. The molecule has 1 heterocycles. The molecule has 36 heavy (non-hydrogen) atoms. The molecule has 1 aromatic heterocycles. The van der Waals surface area contributed by atoms with E-state index in [1.165, 1.54) is 17.8 Å². The minimum atomic E-state index is -0.476. The van der Waals surface area contributed by atoms with Crippen LogP contribution in [0, 0.1) is 0 Å². The molecule has 2 amide bonds. The average Bonchev–Trinajstić information content (AvgIpc) is 3.21. The Kier molecular flexibility index (Phi) is 10.0. The lowest BCUT2D eigenvalue weighted by Gasteiger charge is -2.16. The molecule has 7 nitrogen and oxygen atoms in total. The number of aromatic nitrogens is 3. The van der Waals surface area contributed by atoms with Crippen molar-refractivity contribution in [3.8, 4) is 0 Å². The van der Waals surface area contributed by atoms with Gasteiger partial charge in [-0.3, -0.25) is 9.59 Å². The zero-order valence-corrected chi connectivity index (χ0v) is 23.9. The number of carbonyl (C=O) groups is 2. The second-order valence-corrected chi connectivity index (χ2v) is 11.0. The third-order valence-corrected chi connectivity index (χ3v) is 7.22. The fraction of sp³-hybridized carbons (Fsp3) is 0.280. The molecule has 190 valence electrons. The first-order valence-corrected chi connectivity index (χ1v) is 13.7. The number of rotatable bonds is 10. The van der Waals surface area contributed by atoms with Crippen molar-refractivity contribution < 1.29 is 9.59 Å². The second-order valence-electron chi connectivity index (χ2n) is 8.28. The molecule has 3 aromatic rings. The monoisotopic (exact) mass is 609 g/mol. The molecule has 0 saturated carbocycles. The number of hydrogen-bond donors (Lipinski definition) is 2. The van der Waals surface area contributed by atoms with Gasteiger partial charge in [-0.1, -0.05) is 70.8 Å². The maximum absolute atomic E-state index is 12.7. The smallest absolute Gasteiger partial charge is 0.253 e. The Morgan fingerprint density at radius 3 is 2.58 bits per heavy atom. The SMILES string of the molecule is C=CCn1c(SCC(=O)Nc2ccc(Br)cc2C(C)C)nnc1[C@H](C)NC(=O)c1ccc(Cl)cc1Cl. The minimum absolute atomic E-state index is 0.143. The van der Waals surface area contributed by atoms with Gasteiger partial charge in [0.2, 0.25) is 5.91 Å². The molecular weight excluding hydrogens is 585 g/mol. The van der Waals surface area contributed by atoms with Crippen molar-refractivity contribution in [3.63, 3.8) is 0 Å². The molecule has 0 unspecified atom stereocenters. The second kappa shape index (κ2) is 12.8. The highest BCUT2D eigenvalue weighted by Crippen LogP contribution is 2.28. The lowest BCUT2D eigenvalue weighted by molar-refractivity contribution is -0.113. The molecule has 2 N–H and O–H groups in total. The fourth-order valence-electron chi connectivity index (χ4n) is 3.48. The van der Waals surface area contributed by atoms with E-state index < -0.39 is 6.04 Å². The van der Waals surface area contributed by atoms with Crippen LogP contribution in [0.5, 0.6) is 0 Å². The molecule has 0 aliphatic carbocycles. The number of anilines is 1. The largest absolute Gasteiger partial charge is 0.342 e. The summed E-state index contributed by atoms with van der Waals surface area (Å²) in [6.07, 6.45) is 1.71. The van der Waals surface area contributed by atoms with E-state index in [1.54, 1.807) is 25.1 Å². The summed E-state index contributed by atoms with van der Waals surface area (Å²) in [6, 6.07) is 10.00. The summed E-state index contributed by atoms with van der Waals surface area (Å²) in [5, 5.41) is 15.6. The van der Waals surface area contributed by atoms with E-state index in [4.69, 9.17) is 23.2 Å². The predicted molar refractivity (Wildman–Crippen MR) is 150 cm³/mol. The molecule has 2 aromatic carbocycles. The summed E-state index contributed by atoms with van der Waals surface area (Å²) in [6.45, 7) is 10.2. The van der Waals surface area contributed by atoms with E-state index in [9.17, 15) is 9.59 Å². The van der Waals surface area contributed by atoms with Gasteiger partial charge in [-0.2, -0.15) is 0 Å². The van der Waals surface area contributed by atoms with E-state index in [2.05, 4.69) is 57.2 Å². The summed E-state index contributed by atoms with van der Waals surface area (Å²) < 4.78 is 2.78. The number of carbonyl (C=O) groups excluding carboxylic acids is 2. The van der Waals surface area contributed by atoms with Gasteiger partial charge in [0.15, 0.2) is 11.0 Å². The van der Waals surface area contributed by atoms with Gasteiger partial charge in [0, 0.05) is 21.7 Å². The van der Waals surface area contributed by atoms with E-state index in [1.807, 2.05) is 22.8 Å². The predicted octanol–water partition coefficient (Wildman–Crippen LogP) is 6.88. The van der Waals surface area contributed by atoms with Crippen LogP contribution in [0.15, 0.2) is 58.7 Å². The molecule has 11 heteroatoms. The van der Waals surface area contributed by atoms with Gasteiger partial charge in [0.25, 0.3) is 5.91 Å². The van der Waals surface area contributed by atoms with Gasteiger partial charge in [-0.05, 0) is 54.8 Å². The molecule has 0 radical (unpaired) electrons. The number of amides is 2. The van der Waals surface area contributed by atoms with Gasteiger partial charge >= 0.3 is 0 Å². The third kappa shape index (κ3) is 7.12. The highest BCUT2D eigenvalue weighted by molar-refractivity contribution is 9.10. The highest BCUT2D eigenvalue weighted by atomic mass is 79.9. The van der Waals surface area contributed by atoms with E-state index >= 15 is 0 Å². The Balaban J connectivity index is 1.70. The molecule has 0 aliphatic heterocycles. The van der Waals surface area contributed by atoms with E-state index in [0.29, 0.717) is 28.1 Å². The Labute approximate surface area is 233 Å². The molecule has 0 bridgehead atoms. The van der Waals surface area contributed by atoms with Crippen molar-refractivity contribution in [2.75, 3.05) is 11.1 Å². The molecule has 1 atom stereocenters. The van der Waals surface area contributed by atoms with Crippen LogP contribution in [0.25, 0.3) is 0 Å². The topological polar surface area (TPSA) is 88.9 Å². The minimum Gasteiger partial charge on any atom is -0.342 e. The first-order valence-electron chi connectivity index (χ1n) is 11.1. The van der Waals surface area contributed by atoms with Crippen LogP contribution in [0.3, 0.4) is 0 Å². The number of nitrogens with one attached hydrogen (secondary N) is 2. The van der Waals surface area contributed by atoms with Crippen LogP contribution >= 0.6 is 50.9 Å². The fourth-order valence-corrected chi connectivity index (χ4v) is 5.11. The third-order valence-electron chi connectivity index (χ3n) is 5.21. The van der Waals surface area contributed by atoms with Gasteiger partial charge < -0.3 is 15.2 Å². The van der Waals surface area contributed by atoms with Gasteiger partial charge in [-0.15, -0.1) is 16.8 Å². The summed E-state index contributed by atoms with van der Waals surface area (Å²) in [7, 11) is 0. The molecule has 0 aliphatic rings. The van der Waals surface area contributed by atoms with Crippen LogP contribution in [0.2, 0.25) is 10.0 Å². The summed E-state index contributed by atoms with van der Waals surface area (Å²) in [5.41, 5.74) is 2.14. The maximum atomic E-state index is 12.7. The first kappa shape index (κ1) is 28.2. The summed E-state index contributed by atoms with van der Waals surface area (Å²) >= 11 is 16.8. The number of benzene rings is 2. The Bertz CT molecular complexity index is 1280. The number of nitrogens with zero attached hydrogens (tertiary/aromatic N) is 3. The molecule has 0 spiro atoms. The lowest BCUT2D eigenvalue weighted by atomic mass is 10.0. The number of hydrogen-bond acceptors (Lipinski definition) is 5. The zero-order chi connectivity index (χ0) is 26.4. The van der Waals surface area contributed by atoms with Crippen molar-refractivity contribution in [1.29, 1.82) is 0 Å². The van der Waals surface area contributed by atoms with Gasteiger partial charge in [0.1, 0.15) is 0 Å². The van der Waals surface area contributed by atoms with Crippen molar-refractivity contribution in [1.82, 2.24) is 20.1 Å². The average molecular weight is 611 g/mol. The molecular formula is C25H26BrCl2N5O2S. The van der Waals surface area contributed by atoms with Crippen molar-refractivity contribution >= 4 is 68.4 Å². The maximum Gasteiger partial charge on any atom is 0.253 e. The summed E-state index contributed by atoms with van der Waals surface area (Å²) in [4.78, 5) is 25.5. The van der Waals surface area contributed by atoms with Gasteiger partial charge in [0.05, 0.1) is 22.4 Å². The van der Waals surface area contributed by atoms with Crippen LogP contribution < -0.4 is 10.6 Å². The summed E-state index contributed by atoms with van der Waals surface area (Å²) in [5.74, 6) is 0.415. The normalized spacial score (nSPS) is 11.9. The number of allylic oxidation sites excluding steroid dienone is 1. The lowest BCUT2D eigenvalue weighted by Crippen LogP contribution is -2.29. The Morgan fingerprint density at radius 1 is 1.17 bits per heavy atom. The van der Waals surface area contributed by atoms with Crippen molar-refractivity contribution in [3.05, 3.63) is 80.5 Å². The number of thioether (sulfide) groups is 1. The molecule has 3 rings (SSSR count). The van der Waals surface area contributed by atoms with Crippen LogP contribution in [0.1, 0.15) is 54.5 Å². The standard InChI is InChI=1S/C25H26BrCl2N5O2S/c1-5-10-33-23(15(4)29-24(35)18-8-7-17(27)12-20(18)28)31-32-25(33)36-13-22(34)30-21-9-6-16(26)11-19(21)14(2)3/h5-9,11-12,14-15H,1,10,13H2,2-4H3,(H,29,35)(H,30,34)/t15-/m0/s1. The van der Waals surface area contributed by atoms with Crippen LogP contribution in [-0.2, 0) is 11.3 Å². The van der Waals surface area contributed by atoms with E-state index in [0.717, 1.165) is 15.7 Å². The first-order chi connectivity index (χ1) is 17.1. The Hall–Kier alpha value is -2.33. The Morgan fingerprint density at radius 2 is 1.92 bits per heavy atom. The van der Waals surface area contributed by atoms with Crippen LogP contribution in [0.4, 0.5) is 5.69 Å². The quantitative estimate of drug-likeness (QED) is 0.193. The van der Waals surface area contributed by atoms with Crippen LogP contribution in [-0.4, -0.2) is 32.3 Å². The number of halogens is 3. The molecule has 0 fully saturated rings. The van der Waals surface area contributed by atoms with Crippen molar-refractivity contribution in [2.24, 2.45) is 0 Å². The highest BCUT2D eigenvalue weighted by Gasteiger charge is 2.22. The van der Waals surface area contributed by atoms with Crippen molar-refractivity contribution in [2.45, 2.75) is 44.4 Å². The van der Waals surface area contributed by atoms with E-state index in [-0.39, 0.29) is 28.5 Å². The molecule has 0 saturated heterocycles. The van der Waals surface area contributed by atoms with Gasteiger partial charge in [-0.25, -0.2) is 0 Å².